The van der Waals surface area contributed by atoms with Crippen molar-refractivity contribution in [1.82, 2.24) is 10.6 Å². The standard InChI is InChI=1S/C12H20N2O/c15-12-4-3-10(14-12)7-13-11-6-8-1-2-9(11)5-8/h8-11,13H,1-7H2,(H,14,15). The van der Waals surface area contributed by atoms with Crippen molar-refractivity contribution in [3.05, 3.63) is 0 Å². The molecule has 1 amide bonds. The van der Waals surface area contributed by atoms with E-state index in [1.807, 2.05) is 0 Å². The van der Waals surface area contributed by atoms with Crippen molar-refractivity contribution in [2.24, 2.45) is 11.8 Å². The predicted octanol–water partition coefficient (Wildman–Crippen LogP) is 1.04. The molecular weight excluding hydrogens is 188 g/mol. The van der Waals surface area contributed by atoms with Crippen LogP contribution in [0.25, 0.3) is 0 Å². The number of carbonyl (C=O) groups is 1. The molecule has 4 atom stereocenters. The average molecular weight is 208 g/mol. The van der Waals surface area contributed by atoms with E-state index in [-0.39, 0.29) is 5.91 Å². The number of carbonyl (C=O) groups excluding carboxylic acids is 1. The first-order valence-electron chi connectivity index (χ1n) is 6.34. The molecule has 4 unspecified atom stereocenters. The monoisotopic (exact) mass is 208 g/mol. The zero-order chi connectivity index (χ0) is 10.3. The third-order valence-corrected chi connectivity index (χ3v) is 4.45. The summed E-state index contributed by atoms with van der Waals surface area (Å²) in [4.78, 5) is 11.0. The van der Waals surface area contributed by atoms with Crippen LogP contribution in [0.2, 0.25) is 0 Å². The van der Waals surface area contributed by atoms with Crippen molar-refractivity contribution in [1.29, 1.82) is 0 Å². The van der Waals surface area contributed by atoms with Crippen LogP contribution in [0, 0.1) is 11.8 Å². The Morgan fingerprint density at radius 1 is 1.27 bits per heavy atom. The number of rotatable bonds is 3. The maximum Gasteiger partial charge on any atom is 0.220 e. The highest BCUT2D eigenvalue weighted by molar-refractivity contribution is 5.78. The van der Waals surface area contributed by atoms with Gasteiger partial charge in [-0.3, -0.25) is 4.79 Å². The summed E-state index contributed by atoms with van der Waals surface area (Å²) in [6.45, 7) is 0.986. The van der Waals surface area contributed by atoms with Crippen LogP contribution in [0.4, 0.5) is 0 Å². The zero-order valence-corrected chi connectivity index (χ0v) is 9.17. The van der Waals surface area contributed by atoms with Crippen molar-refractivity contribution >= 4 is 5.91 Å². The van der Waals surface area contributed by atoms with Gasteiger partial charge in [-0.15, -0.1) is 0 Å². The van der Waals surface area contributed by atoms with Gasteiger partial charge in [0.15, 0.2) is 0 Å². The zero-order valence-electron chi connectivity index (χ0n) is 9.17. The highest BCUT2D eigenvalue weighted by atomic mass is 16.1. The van der Waals surface area contributed by atoms with Crippen molar-refractivity contribution in [3.63, 3.8) is 0 Å². The summed E-state index contributed by atoms with van der Waals surface area (Å²) in [5, 5.41) is 6.68. The Hall–Kier alpha value is -0.570. The Morgan fingerprint density at radius 2 is 2.20 bits per heavy atom. The molecule has 2 N–H and O–H groups in total. The predicted molar refractivity (Wildman–Crippen MR) is 58.4 cm³/mol. The molecule has 2 saturated carbocycles. The van der Waals surface area contributed by atoms with E-state index in [9.17, 15) is 4.79 Å². The molecule has 15 heavy (non-hydrogen) atoms. The van der Waals surface area contributed by atoms with Gasteiger partial charge in [0.1, 0.15) is 0 Å². The highest BCUT2D eigenvalue weighted by Gasteiger charge is 2.39. The van der Waals surface area contributed by atoms with Crippen LogP contribution in [-0.4, -0.2) is 24.5 Å². The Kier molecular flexibility index (Phi) is 2.43. The van der Waals surface area contributed by atoms with E-state index in [4.69, 9.17) is 0 Å². The third kappa shape index (κ3) is 1.89. The summed E-state index contributed by atoms with van der Waals surface area (Å²) in [7, 11) is 0. The minimum absolute atomic E-state index is 0.231. The van der Waals surface area contributed by atoms with Gasteiger partial charge in [0, 0.05) is 25.0 Å². The second kappa shape index (κ2) is 3.78. The minimum atomic E-state index is 0.231. The van der Waals surface area contributed by atoms with E-state index < -0.39 is 0 Å². The normalized spacial score (nSPS) is 43.6. The van der Waals surface area contributed by atoms with Gasteiger partial charge in [0.05, 0.1) is 0 Å². The summed E-state index contributed by atoms with van der Waals surface area (Å²) < 4.78 is 0. The molecule has 0 radical (unpaired) electrons. The van der Waals surface area contributed by atoms with Crippen molar-refractivity contribution in [2.75, 3.05) is 6.54 Å². The quantitative estimate of drug-likeness (QED) is 0.727. The lowest BCUT2D eigenvalue weighted by Crippen LogP contribution is -2.42. The van der Waals surface area contributed by atoms with Gasteiger partial charge in [-0.1, -0.05) is 6.42 Å². The summed E-state index contributed by atoms with van der Waals surface area (Å²) in [5.74, 6) is 2.17. The van der Waals surface area contributed by atoms with E-state index in [2.05, 4.69) is 10.6 Å². The van der Waals surface area contributed by atoms with Crippen molar-refractivity contribution < 1.29 is 4.79 Å². The van der Waals surface area contributed by atoms with Crippen LogP contribution in [0.15, 0.2) is 0 Å². The molecule has 0 aromatic heterocycles. The Balaban J connectivity index is 1.45. The molecule has 1 saturated heterocycles. The smallest absolute Gasteiger partial charge is 0.220 e. The number of nitrogens with one attached hydrogen (secondary N) is 2. The van der Waals surface area contributed by atoms with E-state index in [1.165, 1.54) is 25.7 Å². The van der Waals surface area contributed by atoms with E-state index in [0.717, 1.165) is 37.3 Å². The molecule has 1 heterocycles. The van der Waals surface area contributed by atoms with Crippen LogP contribution in [0.3, 0.4) is 0 Å². The summed E-state index contributed by atoms with van der Waals surface area (Å²) in [5.41, 5.74) is 0. The van der Waals surface area contributed by atoms with Crippen LogP contribution >= 0.6 is 0 Å². The molecule has 84 valence electrons. The number of fused-ring (bicyclic) bond motifs is 2. The Bertz CT molecular complexity index is 266. The molecule has 2 aliphatic carbocycles. The van der Waals surface area contributed by atoms with Gasteiger partial charge < -0.3 is 10.6 Å². The maximum atomic E-state index is 11.0. The molecule has 3 nitrogen and oxygen atoms in total. The maximum absolute atomic E-state index is 11.0. The number of hydrogen-bond acceptors (Lipinski definition) is 2. The SMILES string of the molecule is O=C1CCC(CNC2CC3CCC2C3)N1. The van der Waals surface area contributed by atoms with Crippen LogP contribution in [0.1, 0.15) is 38.5 Å². The van der Waals surface area contributed by atoms with Crippen molar-refractivity contribution in [2.45, 2.75) is 50.6 Å². The number of hydrogen-bond donors (Lipinski definition) is 2. The average Bonchev–Trinajstić information content (AvgIpc) is 2.90. The second-order valence-corrected chi connectivity index (χ2v) is 5.49. The second-order valence-electron chi connectivity index (χ2n) is 5.49. The Labute approximate surface area is 91.0 Å². The van der Waals surface area contributed by atoms with Crippen LogP contribution < -0.4 is 10.6 Å². The molecule has 3 rings (SSSR count). The summed E-state index contributed by atoms with van der Waals surface area (Å²) in [6, 6.07) is 1.15. The fourth-order valence-corrected chi connectivity index (χ4v) is 3.62. The molecule has 1 aliphatic heterocycles. The van der Waals surface area contributed by atoms with Crippen LogP contribution in [0.5, 0.6) is 0 Å². The topological polar surface area (TPSA) is 41.1 Å². The molecular formula is C12H20N2O. The fourth-order valence-electron chi connectivity index (χ4n) is 3.62. The largest absolute Gasteiger partial charge is 0.352 e. The Morgan fingerprint density at radius 3 is 2.80 bits per heavy atom. The molecule has 3 aliphatic rings. The molecule has 0 aromatic rings. The molecule has 2 bridgehead atoms. The lowest BCUT2D eigenvalue weighted by Gasteiger charge is -2.24. The van der Waals surface area contributed by atoms with Gasteiger partial charge in [0.25, 0.3) is 0 Å². The molecule has 3 fully saturated rings. The lowest BCUT2D eigenvalue weighted by molar-refractivity contribution is -0.119. The molecule has 0 aromatic carbocycles. The van der Waals surface area contributed by atoms with Gasteiger partial charge in [-0.2, -0.15) is 0 Å². The van der Waals surface area contributed by atoms with E-state index >= 15 is 0 Å². The summed E-state index contributed by atoms with van der Waals surface area (Å²) >= 11 is 0. The first-order chi connectivity index (χ1) is 7.31. The number of amides is 1. The van der Waals surface area contributed by atoms with E-state index in [1.54, 1.807) is 0 Å². The fraction of sp³-hybridized carbons (Fsp3) is 0.917. The van der Waals surface area contributed by atoms with Crippen LogP contribution in [-0.2, 0) is 4.79 Å². The van der Waals surface area contributed by atoms with E-state index in [0.29, 0.717) is 6.04 Å². The molecule has 3 heteroatoms. The van der Waals surface area contributed by atoms with Gasteiger partial charge in [0.2, 0.25) is 5.91 Å². The van der Waals surface area contributed by atoms with Gasteiger partial charge in [-0.25, -0.2) is 0 Å². The lowest BCUT2D eigenvalue weighted by atomic mass is 9.95. The summed E-state index contributed by atoms with van der Waals surface area (Å²) in [6.07, 6.45) is 7.47. The third-order valence-electron chi connectivity index (χ3n) is 4.45. The van der Waals surface area contributed by atoms with Gasteiger partial charge >= 0.3 is 0 Å². The highest BCUT2D eigenvalue weighted by Crippen LogP contribution is 2.44. The minimum Gasteiger partial charge on any atom is -0.352 e. The molecule has 0 spiro atoms. The van der Waals surface area contributed by atoms with Gasteiger partial charge in [-0.05, 0) is 37.5 Å². The first-order valence-corrected chi connectivity index (χ1v) is 6.34. The first kappa shape index (κ1) is 9.64. The van der Waals surface area contributed by atoms with Crippen molar-refractivity contribution in [3.8, 4) is 0 Å².